The molecule has 0 radical (unpaired) electrons. The van der Waals surface area contributed by atoms with Crippen LogP contribution < -0.4 is 22.3 Å². The predicted molar refractivity (Wildman–Crippen MR) is 135 cm³/mol. The maximum atomic E-state index is 12.8. The average molecular weight is 652 g/mol. The number of H-pyrrole nitrogens is 1. The first-order chi connectivity index (χ1) is 18.9. The molecule has 6 atom stereocenters. The summed E-state index contributed by atoms with van der Waals surface area (Å²) in [6.07, 6.45) is -2.38. The minimum Gasteiger partial charge on any atom is -0.390 e. The number of phosphoric ester groups is 1. The van der Waals surface area contributed by atoms with E-state index in [0.29, 0.717) is 19.4 Å². The molecule has 1 aromatic heterocycles. The van der Waals surface area contributed by atoms with Crippen LogP contribution in [0.1, 0.15) is 38.3 Å². The van der Waals surface area contributed by atoms with E-state index in [1.54, 1.807) is 0 Å². The number of amides is 1. The molecule has 0 aromatic carbocycles. The number of ether oxygens (including phenoxy) is 2. The summed E-state index contributed by atoms with van der Waals surface area (Å²) in [5.41, 5.74) is 3.71. The van der Waals surface area contributed by atoms with Crippen molar-refractivity contribution >= 4 is 29.4 Å². The predicted octanol–water partition coefficient (Wildman–Crippen LogP) is -0.980. The number of phosphoric acid groups is 3. The molecule has 1 aliphatic rings. The van der Waals surface area contributed by atoms with E-state index in [0.717, 1.165) is 22.9 Å². The van der Waals surface area contributed by atoms with Crippen molar-refractivity contribution in [3.05, 3.63) is 45.8 Å². The lowest BCUT2D eigenvalue weighted by atomic mass is 10.1. The Hall–Kier alpha value is -1.86. The number of hydrogen-bond donors (Lipinski definition) is 8. The average Bonchev–Trinajstić information content (AvgIpc) is 3.19. The molecular formula is C18H31N4O16P3. The molecule has 2 heterocycles. The number of rotatable bonds is 17. The van der Waals surface area contributed by atoms with Crippen molar-refractivity contribution in [3.63, 3.8) is 0 Å². The van der Waals surface area contributed by atoms with Gasteiger partial charge < -0.3 is 45.2 Å². The lowest BCUT2D eigenvalue weighted by Gasteiger charge is -2.39. The molecule has 1 aromatic rings. The van der Waals surface area contributed by atoms with Gasteiger partial charge in [-0.1, -0.05) is 12.5 Å². The molecule has 1 saturated heterocycles. The minimum atomic E-state index is -6.02. The Morgan fingerprint density at radius 2 is 1.88 bits per heavy atom. The Kier molecular flexibility index (Phi) is 12.5. The molecule has 0 spiro atoms. The number of carbonyl (C=O) groups is 1. The van der Waals surface area contributed by atoms with E-state index >= 15 is 0 Å². The zero-order chi connectivity index (χ0) is 31.1. The molecule has 1 fully saturated rings. The fraction of sp³-hybridized carbons (Fsp3) is 0.611. The molecule has 20 nitrogen and oxygen atoms in total. The number of aliphatic hydroxyl groups excluding tert-OH is 1. The zero-order valence-corrected chi connectivity index (χ0v) is 23.9. The van der Waals surface area contributed by atoms with Crippen molar-refractivity contribution in [2.45, 2.75) is 56.5 Å². The smallest absolute Gasteiger partial charge is 0.390 e. The topological polar surface area (TPSA) is 308 Å². The molecule has 0 aliphatic carbocycles. The lowest BCUT2D eigenvalue weighted by Crippen LogP contribution is -2.62. The minimum absolute atomic E-state index is 0.245. The molecule has 0 bridgehead atoms. The van der Waals surface area contributed by atoms with Gasteiger partial charge in [-0.05, 0) is 19.4 Å². The van der Waals surface area contributed by atoms with Crippen LogP contribution in [0, 0.1) is 0 Å². The van der Waals surface area contributed by atoms with Crippen LogP contribution in [0.15, 0.2) is 34.5 Å². The fourth-order valence-corrected chi connectivity index (χ4v) is 6.81. The van der Waals surface area contributed by atoms with E-state index in [9.17, 15) is 43.0 Å². The zero-order valence-electron chi connectivity index (χ0n) is 21.2. The van der Waals surface area contributed by atoms with Gasteiger partial charge in [0.1, 0.15) is 6.23 Å². The number of aromatic nitrogens is 2. The number of carbonyl (C=O) groups excluding carboxylic acids is 1. The molecule has 1 amide bonds. The summed E-state index contributed by atoms with van der Waals surface area (Å²) < 4.78 is 60.0. The van der Waals surface area contributed by atoms with E-state index in [1.807, 2.05) is 4.98 Å². The monoisotopic (exact) mass is 652 g/mol. The second kappa shape index (κ2) is 14.5. The highest BCUT2D eigenvalue weighted by Crippen LogP contribution is 2.67. The number of unbranched alkanes of at least 4 members (excludes halogenated alkanes) is 2. The lowest BCUT2D eigenvalue weighted by molar-refractivity contribution is -0.277. The number of aliphatic hydroxyl groups is 1. The molecular weight excluding hydrogens is 621 g/mol. The first kappa shape index (κ1) is 35.3. The van der Waals surface area contributed by atoms with Crippen molar-refractivity contribution in [2.75, 3.05) is 13.2 Å². The van der Waals surface area contributed by atoms with E-state index < -0.39 is 78.0 Å². The highest BCUT2D eigenvalue weighted by atomic mass is 31.3. The summed E-state index contributed by atoms with van der Waals surface area (Å²) in [5.74, 6) is -3.93. The number of aromatic amines is 1. The molecule has 23 heteroatoms. The van der Waals surface area contributed by atoms with E-state index in [4.69, 9.17) is 29.5 Å². The van der Waals surface area contributed by atoms with E-state index in [-0.39, 0.29) is 12.8 Å². The second-order valence-corrected chi connectivity index (χ2v) is 12.8. The first-order valence-electron chi connectivity index (χ1n) is 11.7. The molecule has 9 N–H and O–H groups in total. The van der Waals surface area contributed by atoms with Crippen LogP contribution in [0.25, 0.3) is 0 Å². The fourth-order valence-electron chi connectivity index (χ4n) is 3.63. The Labute approximate surface area is 231 Å². The van der Waals surface area contributed by atoms with Gasteiger partial charge in [-0.2, -0.15) is 8.62 Å². The van der Waals surface area contributed by atoms with Crippen LogP contribution in [0.4, 0.5) is 0 Å². The summed E-state index contributed by atoms with van der Waals surface area (Å²) in [7, 11) is -17.8. The van der Waals surface area contributed by atoms with Crippen molar-refractivity contribution in [1.82, 2.24) is 14.9 Å². The largest absolute Gasteiger partial charge is 0.490 e. The maximum Gasteiger partial charge on any atom is 0.490 e. The van der Waals surface area contributed by atoms with Gasteiger partial charge in [0.2, 0.25) is 5.91 Å². The van der Waals surface area contributed by atoms with Crippen LogP contribution in [-0.4, -0.2) is 71.4 Å². The third-order valence-corrected chi connectivity index (χ3v) is 8.97. The Balaban J connectivity index is 2.50. The van der Waals surface area contributed by atoms with Gasteiger partial charge >= 0.3 is 29.2 Å². The van der Waals surface area contributed by atoms with Gasteiger partial charge in [0, 0.05) is 25.1 Å². The van der Waals surface area contributed by atoms with Crippen LogP contribution in [0.5, 0.6) is 0 Å². The second-order valence-electron chi connectivity index (χ2n) is 8.43. The van der Waals surface area contributed by atoms with Crippen LogP contribution in [0.3, 0.4) is 0 Å². The summed E-state index contributed by atoms with van der Waals surface area (Å²) in [5, 5.41) is 13.0. The van der Waals surface area contributed by atoms with Crippen molar-refractivity contribution in [2.24, 2.45) is 5.73 Å². The van der Waals surface area contributed by atoms with Gasteiger partial charge in [0.15, 0.2) is 6.10 Å². The Bertz CT molecular complexity index is 1330. The van der Waals surface area contributed by atoms with Crippen molar-refractivity contribution in [1.29, 1.82) is 0 Å². The van der Waals surface area contributed by atoms with Crippen molar-refractivity contribution < 1.29 is 65.8 Å². The number of nitrogens with two attached hydrogens (primary N) is 1. The van der Waals surface area contributed by atoms with Gasteiger partial charge in [0.05, 0.1) is 12.7 Å². The molecule has 41 heavy (non-hydrogen) atoms. The Morgan fingerprint density at radius 3 is 2.46 bits per heavy atom. The maximum absolute atomic E-state index is 12.8. The first-order valence-corrected chi connectivity index (χ1v) is 16.2. The summed E-state index contributed by atoms with van der Waals surface area (Å²) in [4.78, 5) is 75.9. The molecule has 234 valence electrons. The van der Waals surface area contributed by atoms with Gasteiger partial charge in [-0.3, -0.25) is 19.1 Å². The molecule has 1 aliphatic heterocycles. The quantitative estimate of drug-likeness (QED) is 0.0434. The highest BCUT2D eigenvalue weighted by Gasteiger charge is 2.57. The summed E-state index contributed by atoms with van der Waals surface area (Å²) >= 11 is 0. The molecule has 2 rings (SSSR count). The van der Waals surface area contributed by atoms with Gasteiger partial charge in [0.25, 0.3) is 11.5 Å². The summed E-state index contributed by atoms with van der Waals surface area (Å²) in [6, 6.07) is 0.959. The Morgan fingerprint density at radius 1 is 1.20 bits per heavy atom. The third kappa shape index (κ3) is 11.1. The van der Waals surface area contributed by atoms with Gasteiger partial charge in [-0.25, -0.2) is 23.0 Å². The van der Waals surface area contributed by atoms with Crippen molar-refractivity contribution in [3.8, 4) is 0 Å². The number of nitrogens with one attached hydrogen (secondary N) is 2. The third-order valence-electron chi connectivity index (χ3n) is 5.14. The van der Waals surface area contributed by atoms with Gasteiger partial charge in [-0.15, -0.1) is 6.58 Å². The van der Waals surface area contributed by atoms with Crippen LogP contribution in [-0.2, 0) is 41.1 Å². The van der Waals surface area contributed by atoms with E-state index in [2.05, 4.69) is 20.5 Å². The van der Waals surface area contributed by atoms with Crippen LogP contribution >= 0.6 is 23.5 Å². The molecule has 0 saturated carbocycles. The summed E-state index contributed by atoms with van der Waals surface area (Å²) in [6.45, 7) is 3.15. The van der Waals surface area contributed by atoms with E-state index in [1.165, 1.54) is 0 Å². The number of hydrogen-bond acceptors (Lipinski definition) is 13. The normalized spacial score (nSPS) is 23.7. The van der Waals surface area contributed by atoms with Crippen LogP contribution in [0.2, 0.25) is 0 Å². The highest BCUT2D eigenvalue weighted by molar-refractivity contribution is 7.66. The SMILES string of the molecule is C=CCOC(NC(=O)CCCCCN)(OP(=O)(O)OP(=O)(O)OP(=O)(O)O)[C@H]1O[C@@H](n2ccc(=O)[nH]c2=O)C[C@@H]1O. The molecule has 3 unspecified atom stereocenters. The number of nitrogens with zero attached hydrogens (tertiary/aromatic N) is 1. The standard InChI is InChI=1S/C18H31N4O16P3/c1-2-10-34-18(21-14(25)6-4-3-5-8-19,36-40(30,31)38-41(32,33)37-39(27,28)29)16-12(23)11-15(35-16)22-9-7-13(24)20-17(22)26/h2,7,9,12,15-16,23H,1,3-6,8,10-11,19H2,(H,21,25)(H,30,31)(H,32,33)(H,20,24,26)(H2,27,28,29)/t12-,15+,16-,18?/m0/s1.